The number of hydrogen-bond donors (Lipinski definition) is 2. The Balaban J connectivity index is 1.82. The van der Waals surface area contributed by atoms with Crippen molar-refractivity contribution in [2.45, 2.75) is 12.8 Å². The van der Waals surface area contributed by atoms with E-state index in [4.69, 9.17) is 4.52 Å². The molecule has 1 aromatic heterocycles. The molecule has 26 heavy (non-hydrogen) atoms. The lowest BCUT2D eigenvalue weighted by molar-refractivity contribution is 0.104. The molecule has 1 saturated heterocycles. The van der Waals surface area contributed by atoms with Gasteiger partial charge >= 0.3 is 0 Å². The highest BCUT2D eigenvalue weighted by molar-refractivity contribution is 6.28. The molecule has 6 nitrogen and oxygen atoms in total. The number of benzene rings is 2. The van der Waals surface area contributed by atoms with Crippen molar-refractivity contribution in [1.29, 1.82) is 0 Å². The average Bonchev–Trinajstić information content (AvgIpc) is 3.35. The van der Waals surface area contributed by atoms with Crippen molar-refractivity contribution in [3.8, 4) is 11.3 Å². The Bertz CT molecular complexity index is 1020. The largest absolute Gasteiger partial charge is 0.395 e. The normalized spacial score (nSPS) is 15.6. The predicted octanol–water partition coefficient (Wildman–Crippen LogP) is 3.04. The predicted molar refractivity (Wildman–Crippen MR) is 99.9 cm³/mol. The number of carbonyl (C=O) groups is 1. The van der Waals surface area contributed by atoms with Crippen LogP contribution in [0.2, 0.25) is 0 Å². The maximum absolute atomic E-state index is 13.2. The number of nitrogens with one attached hydrogen (secondary N) is 1. The summed E-state index contributed by atoms with van der Waals surface area (Å²) in [5, 5.41) is 17.6. The van der Waals surface area contributed by atoms with Gasteiger partial charge in [-0.05, 0) is 18.9 Å². The van der Waals surface area contributed by atoms with E-state index in [0.29, 0.717) is 23.4 Å². The lowest BCUT2D eigenvalue weighted by Gasteiger charge is -2.23. The Hall–Kier alpha value is -2.86. The zero-order chi connectivity index (χ0) is 17.7. The van der Waals surface area contributed by atoms with E-state index >= 15 is 0 Å². The van der Waals surface area contributed by atoms with Gasteiger partial charge in [0.15, 0.2) is 11.5 Å². The highest BCUT2D eigenvalue weighted by atomic mass is 16.5. The van der Waals surface area contributed by atoms with Crippen molar-refractivity contribution in [3.05, 3.63) is 41.5 Å². The molecule has 0 radical (unpaired) electrons. The lowest BCUT2D eigenvalue weighted by Crippen LogP contribution is -2.20. The number of aromatic nitrogens is 1. The second kappa shape index (κ2) is 5.85. The number of fused-ring (bicyclic) bond motifs is 2. The molecule has 0 spiro atoms. The van der Waals surface area contributed by atoms with Gasteiger partial charge in [0.2, 0.25) is 0 Å². The summed E-state index contributed by atoms with van der Waals surface area (Å²) >= 11 is 0. The van der Waals surface area contributed by atoms with Crippen molar-refractivity contribution in [2.24, 2.45) is 0 Å². The standard InChI is InChI=1S/C20H19N3O3/c24-10-7-21-14-11-15(23-8-3-4-9-23)18-17-16(14)19(25)12-5-1-2-6-13(12)20(17)26-22-18/h1-2,5-6,11,21,24H,3-4,7-10H2. The summed E-state index contributed by atoms with van der Waals surface area (Å²) in [4.78, 5) is 15.5. The summed E-state index contributed by atoms with van der Waals surface area (Å²) in [5.74, 6) is 0.619. The van der Waals surface area contributed by atoms with Gasteiger partial charge in [0, 0.05) is 36.4 Å². The summed E-state index contributed by atoms with van der Waals surface area (Å²) in [6.07, 6.45) is 2.30. The molecule has 2 N–H and O–H groups in total. The Morgan fingerprint density at radius 2 is 1.96 bits per heavy atom. The summed E-state index contributed by atoms with van der Waals surface area (Å²) in [7, 11) is 0. The molecular formula is C20H19N3O3. The lowest BCUT2D eigenvalue weighted by atomic mass is 9.86. The van der Waals surface area contributed by atoms with Crippen LogP contribution in [0.3, 0.4) is 0 Å². The number of hydrogen-bond acceptors (Lipinski definition) is 6. The maximum Gasteiger partial charge on any atom is 0.196 e. The molecule has 0 unspecified atom stereocenters. The van der Waals surface area contributed by atoms with Gasteiger partial charge in [-0.2, -0.15) is 0 Å². The van der Waals surface area contributed by atoms with Gasteiger partial charge in [-0.15, -0.1) is 0 Å². The summed E-state index contributed by atoms with van der Waals surface area (Å²) < 4.78 is 5.72. The van der Waals surface area contributed by atoms with E-state index in [1.165, 1.54) is 0 Å². The summed E-state index contributed by atoms with van der Waals surface area (Å²) in [6, 6.07) is 9.46. The van der Waals surface area contributed by atoms with Crippen molar-refractivity contribution < 1.29 is 14.4 Å². The molecule has 0 amide bonds. The first-order valence-corrected chi connectivity index (χ1v) is 8.99. The third-order valence-corrected chi connectivity index (χ3v) is 5.25. The van der Waals surface area contributed by atoms with Gasteiger partial charge in [-0.3, -0.25) is 4.79 Å². The first-order chi connectivity index (χ1) is 12.8. The smallest absolute Gasteiger partial charge is 0.196 e. The molecule has 2 heterocycles. The summed E-state index contributed by atoms with van der Waals surface area (Å²) in [5.41, 5.74) is 4.47. The maximum atomic E-state index is 13.2. The molecule has 1 aliphatic heterocycles. The van der Waals surface area contributed by atoms with Crippen LogP contribution in [0.1, 0.15) is 28.8 Å². The van der Waals surface area contributed by atoms with Crippen molar-refractivity contribution in [1.82, 2.24) is 5.16 Å². The Morgan fingerprint density at radius 1 is 1.19 bits per heavy atom. The van der Waals surface area contributed by atoms with Crippen LogP contribution >= 0.6 is 0 Å². The number of rotatable bonds is 4. The van der Waals surface area contributed by atoms with Crippen molar-refractivity contribution in [2.75, 3.05) is 36.5 Å². The van der Waals surface area contributed by atoms with Crippen LogP contribution in [-0.4, -0.2) is 42.3 Å². The molecule has 0 saturated carbocycles. The molecule has 1 fully saturated rings. The molecule has 2 aliphatic rings. The van der Waals surface area contributed by atoms with Gasteiger partial charge < -0.3 is 19.8 Å². The summed E-state index contributed by atoms with van der Waals surface area (Å²) in [6.45, 7) is 2.33. The van der Waals surface area contributed by atoms with Crippen LogP contribution in [0.4, 0.5) is 11.4 Å². The fourth-order valence-corrected chi connectivity index (χ4v) is 4.07. The SMILES string of the molecule is O=C1c2ccccc2-c2onc3c(N4CCCC4)cc(NCCO)c1c23. The molecule has 0 atom stereocenters. The van der Waals surface area contributed by atoms with E-state index in [2.05, 4.69) is 15.4 Å². The van der Waals surface area contributed by atoms with Crippen LogP contribution < -0.4 is 10.2 Å². The highest BCUT2D eigenvalue weighted by Gasteiger charge is 2.33. The number of carbonyl (C=O) groups excluding carboxylic acids is 1. The van der Waals surface area contributed by atoms with Crippen LogP contribution in [-0.2, 0) is 0 Å². The van der Waals surface area contributed by atoms with E-state index < -0.39 is 0 Å². The van der Waals surface area contributed by atoms with Crippen LogP contribution in [0, 0.1) is 0 Å². The Labute approximate surface area is 150 Å². The third-order valence-electron chi connectivity index (χ3n) is 5.25. The third kappa shape index (κ3) is 2.08. The van der Waals surface area contributed by atoms with Gasteiger partial charge in [-0.1, -0.05) is 29.4 Å². The van der Waals surface area contributed by atoms with Gasteiger partial charge in [0.05, 0.1) is 23.2 Å². The van der Waals surface area contributed by atoms with Gasteiger partial charge in [-0.25, -0.2) is 0 Å². The van der Waals surface area contributed by atoms with E-state index in [0.717, 1.165) is 53.8 Å². The Kier molecular flexibility index (Phi) is 3.46. The highest BCUT2D eigenvalue weighted by Crippen LogP contribution is 2.46. The molecule has 1 aliphatic carbocycles. The zero-order valence-electron chi connectivity index (χ0n) is 14.3. The van der Waals surface area contributed by atoms with Gasteiger partial charge in [0.1, 0.15) is 5.52 Å². The first-order valence-electron chi connectivity index (χ1n) is 8.99. The minimum absolute atomic E-state index is 0.00219. The zero-order valence-corrected chi connectivity index (χ0v) is 14.3. The second-order valence-corrected chi connectivity index (χ2v) is 6.77. The van der Waals surface area contributed by atoms with E-state index in [1.807, 2.05) is 30.3 Å². The number of aliphatic hydroxyl groups is 1. The van der Waals surface area contributed by atoms with Crippen molar-refractivity contribution >= 4 is 28.1 Å². The topological polar surface area (TPSA) is 78.6 Å². The Morgan fingerprint density at radius 3 is 2.73 bits per heavy atom. The van der Waals surface area contributed by atoms with E-state index in [-0.39, 0.29) is 12.4 Å². The molecule has 5 rings (SSSR count). The molecule has 132 valence electrons. The minimum Gasteiger partial charge on any atom is -0.395 e. The number of nitrogens with zero attached hydrogens (tertiary/aromatic N) is 2. The van der Waals surface area contributed by atoms with Crippen LogP contribution in [0.5, 0.6) is 0 Å². The van der Waals surface area contributed by atoms with Gasteiger partial charge in [0.25, 0.3) is 0 Å². The first kappa shape index (κ1) is 15.4. The van der Waals surface area contributed by atoms with Crippen LogP contribution in [0.15, 0.2) is 34.9 Å². The fraction of sp³-hybridized carbons (Fsp3) is 0.300. The average molecular weight is 349 g/mol. The monoisotopic (exact) mass is 349 g/mol. The molecule has 2 aromatic carbocycles. The quantitative estimate of drug-likeness (QED) is 0.590. The number of aliphatic hydroxyl groups excluding tert-OH is 1. The second-order valence-electron chi connectivity index (χ2n) is 6.77. The number of ketones is 1. The van der Waals surface area contributed by atoms with E-state index in [1.54, 1.807) is 0 Å². The fourth-order valence-electron chi connectivity index (χ4n) is 4.07. The number of anilines is 2. The molecule has 3 aromatic rings. The van der Waals surface area contributed by atoms with Crippen molar-refractivity contribution in [3.63, 3.8) is 0 Å². The molecule has 6 heteroatoms. The molecular weight excluding hydrogens is 330 g/mol. The minimum atomic E-state index is -0.0327. The molecule has 0 bridgehead atoms. The van der Waals surface area contributed by atoms with Crippen LogP contribution in [0.25, 0.3) is 22.2 Å². The van der Waals surface area contributed by atoms with E-state index in [9.17, 15) is 9.90 Å².